The van der Waals surface area contributed by atoms with Crippen LogP contribution in [0, 0.1) is 0 Å². The first-order valence-electron chi connectivity index (χ1n) is 6.56. The lowest BCUT2D eigenvalue weighted by Gasteiger charge is -2.38. The Hall–Kier alpha value is -0.930. The summed E-state index contributed by atoms with van der Waals surface area (Å²) in [5.41, 5.74) is 6.82. The third-order valence-corrected chi connectivity index (χ3v) is 3.81. The van der Waals surface area contributed by atoms with E-state index >= 15 is 0 Å². The fourth-order valence-electron chi connectivity index (χ4n) is 2.70. The molecule has 2 rings (SSSR count). The minimum Gasteiger partial charge on any atom is -0.495 e. The van der Waals surface area contributed by atoms with Crippen LogP contribution in [-0.4, -0.2) is 26.2 Å². The summed E-state index contributed by atoms with van der Waals surface area (Å²) < 4.78 is 5.45. The van der Waals surface area contributed by atoms with Crippen LogP contribution in [0.15, 0.2) is 18.2 Å². The van der Waals surface area contributed by atoms with Crippen LogP contribution in [0.1, 0.15) is 25.7 Å². The van der Waals surface area contributed by atoms with Crippen LogP contribution in [-0.2, 0) is 0 Å². The van der Waals surface area contributed by atoms with E-state index in [4.69, 9.17) is 22.1 Å². The standard InChI is InChI=1S/C14H21ClN2O/c1-18-14-6-5-11(15)10-13(14)17-9-3-2-4-12(17)7-8-16/h5-6,10,12H,2-4,7-9,16H2,1H3. The Morgan fingerprint density at radius 1 is 1.44 bits per heavy atom. The number of benzene rings is 1. The van der Waals surface area contributed by atoms with Gasteiger partial charge in [-0.15, -0.1) is 0 Å². The first-order valence-corrected chi connectivity index (χ1v) is 6.94. The van der Waals surface area contributed by atoms with Crippen molar-refractivity contribution in [3.8, 4) is 5.75 Å². The van der Waals surface area contributed by atoms with Crippen molar-refractivity contribution in [3.05, 3.63) is 23.2 Å². The summed E-state index contributed by atoms with van der Waals surface area (Å²) in [7, 11) is 1.70. The van der Waals surface area contributed by atoms with Gasteiger partial charge in [0, 0.05) is 17.6 Å². The number of halogens is 1. The van der Waals surface area contributed by atoms with Crippen molar-refractivity contribution in [2.75, 3.05) is 25.1 Å². The Morgan fingerprint density at radius 2 is 2.28 bits per heavy atom. The fraction of sp³-hybridized carbons (Fsp3) is 0.571. The molecule has 0 spiro atoms. The van der Waals surface area contributed by atoms with Crippen molar-refractivity contribution in [2.45, 2.75) is 31.7 Å². The maximum atomic E-state index is 6.11. The average molecular weight is 269 g/mol. The van der Waals surface area contributed by atoms with Crippen molar-refractivity contribution in [2.24, 2.45) is 5.73 Å². The van der Waals surface area contributed by atoms with E-state index in [0.29, 0.717) is 6.04 Å². The summed E-state index contributed by atoms with van der Waals surface area (Å²) in [5.74, 6) is 0.892. The molecule has 3 nitrogen and oxygen atoms in total. The van der Waals surface area contributed by atoms with Gasteiger partial charge in [-0.3, -0.25) is 0 Å². The molecule has 0 saturated carbocycles. The van der Waals surface area contributed by atoms with E-state index in [1.54, 1.807) is 7.11 Å². The number of ether oxygens (including phenoxy) is 1. The largest absolute Gasteiger partial charge is 0.495 e. The maximum Gasteiger partial charge on any atom is 0.142 e. The molecule has 1 aromatic rings. The lowest BCUT2D eigenvalue weighted by Crippen LogP contribution is -2.41. The molecule has 4 heteroatoms. The molecule has 1 aliphatic heterocycles. The molecule has 0 aliphatic carbocycles. The van der Waals surface area contributed by atoms with E-state index < -0.39 is 0 Å². The predicted octanol–water partition coefficient (Wildman–Crippen LogP) is 3.06. The van der Waals surface area contributed by atoms with E-state index in [1.165, 1.54) is 19.3 Å². The average Bonchev–Trinajstić information content (AvgIpc) is 2.40. The second-order valence-electron chi connectivity index (χ2n) is 4.74. The topological polar surface area (TPSA) is 38.5 Å². The van der Waals surface area contributed by atoms with Gasteiger partial charge in [0.25, 0.3) is 0 Å². The number of anilines is 1. The molecule has 0 bridgehead atoms. The molecule has 100 valence electrons. The van der Waals surface area contributed by atoms with E-state index in [1.807, 2.05) is 18.2 Å². The highest BCUT2D eigenvalue weighted by atomic mass is 35.5. The normalized spacial score (nSPS) is 19.9. The highest BCUT2D eigenvalue weighted by Gasteiger charge is 2.24. The number of nitrogens with two attached hydrogens (primary N) is 1. The molecule has 1 aliphatic rings. The Bertz CT molecular complexity index is 395. The number of nitrogens with zero attached hydrogens (tertiary/aromatic N) is 1. The van der Waals surface area contributed by atoms with Crippen LogP contribution in [0.25, 0.3) is 0 Å². The van der Waals surface area contributed by atoms with Gasteiger partial charge >= 0.3 is 0 Å². The van der Waals surface area contributed by atoms with Crippen molar-refractivity contribution < 1.29 is 4.74 Å². The van der Waals surface area contributed by atoms with E-state index in [-0.39, 0.29) is 0 Å². The van der Waals surface area contributed by atoms with E-state index in [9.17, 15) is 0 Å². The second kappa shape index (κ2) is 6.30. The van der Waals surface area contributed by atoms with Crippen LogP contribution in [0.2, 0.25) is 5.02 Å². The molecule has 2 N–H and O–H groups in total. The minimum atomic E-state index is 0.510. The molecule has 0 amide bonds. The first kappa shape index (κ1) is 13.5. The number of hydrogen-bond acceptors (Lipinski definition) is 3. The molecule has 1 aromatic carbocycles. The van der Waals surface area contributed by atoms with Gasteiger partial charge in [-0.2, -0.15) is 0 Å². The number of rotatable bonds is 4. The zero-order valence-corrected chi connectivity index (χ0v) is 11.6. The van der Waals surface area contributed by atoms with Crippen LogP contribution >= 0.6 is 11.6 Å². The predicted molar refractivity (Wildman–Crippen MR) is 76.7 cm³/mol. The zero-order chi connectivity index (χ0) is 13.0. The molecular formula is C14H21ClN2O. The van der Waals surface area contributed by atoms with Gasteiger partial charge in [0.2, 0.25) is 0 Å². The molecule has 1 unspecified atom stereocenters. The van der Waals surface area contributed by atoms with Gasteiger partial charge < -0.3 is 15.4 Å². The summed E-state index contributed by atoms with van der Waals surface area (Å²) in [6.45, 7) is 1.78. The van der Waals surface area contributed by atoms with Gasteiger partial charge in [0.05, 0.1) is 12.8 Å². The van der Waals surface area contributed by atoms with Gasteiger partial charge in [-0.05, 0) is 50.4 Å². The van der Waals surface area contributed by atoms with Gasteiger partial charge in [0.1, 0.15) is 5.75 Å². The molecule has 0 radical (unpaired) electrons. The third kappa shape index (κ3) is 2.90. The van der Waals surface area contributed by atoms with E-state index in [2.05, 4.69) is 4.90 Å². The Labute approximate surface area is 114 Å². The zero-order valence-electron chi connectivity index (χ0n) is 10.9. The molecule has 0 aromatic heterocycles. The van der Waals surface area contributed by atoms with Crippen LogP contribution < -0.4 is 15.4 Å². The molecule has 18 heavy (non-hydrogen) atoms. The fourth-order valence-corrected chi connectivity index (χ4v) is 2.86. The van der Waals surface area contributed by atoms with Crippen molar-refractivity contribution in [1.82, 2.24) is 0 Å². The monoisotopic (exact) mass is 268 g/mol. The number of hydrogen-bond donors (Lipinski definition) is 1. The first-order chi connectivity index (χ1) is 8.76. The van der Waals surface area contributed by atoms with Crippen LogP contribution in [0.4, 0.5) is 5.69 Å². The van der Waals surface area contributed by atoms with Gasteiger partial charge in [-0.1, -0.05) is 11.6 Å². The summed E-state index contributed by atoms with van der Waals surface area (Å²) in [6, 6.07) is 6.31. The highest BCUT2D eigenvalue weighted by molar-refractivity contribution is 6.30. The smallest absolute Gasteiger partial charge is 0.142 e. The Morgan fingerprint density at radius 3 is 3.00 bits per heavy atom. The Kier molecular flexibility index (Phi) is 4.72. The van der Waals surface area contributed by atoms with Gasteiger partial charge in [0.15, 0.2) is 0 Å². The molecule has 1 atom stereocenters. The Balaban J connectivity index is 2.29. The third-order valence-electron chi connectivity index (χ3n) is 3.58. The van der Waals surface area contributed by atoms with Crippen molar-refractivity contribution >= 4 is 17.3 Å². The highest BCUT2D eigenvalue weighted by Crippen LogP contribution is 2.35. The number of methoxy groups -OCH3 is 1. The number of piperidine rings is 1. The summed E-state index contributed by atoms with van der Waals surface area (Å²) in [6.07, 6.45) is 4.73. The molecular weight excluding hydrogens is 248 g/mol. The van der Waals surface area contributed by atoms with Crippen LogP contribution in [0.5, 0.6) is 5.75 Å². The van der Waals surface area contributed by atoms with Crippen molar-refractivity contribution in [1.29, 1.82) is 0 Å². The minimum absolute atomic E-state index is 0.510. The summed E-state index contributed by atoms with van der Waals surface area (Å²) in [4.78, 5) is 2.40. The van der Waals surface area contributed by atoms with Gasteiger partial charge in [-0.25, -0.2) is 0 Å². The maximum absolute atomic E-state index is 6.11. The quantitative estimate of drug-likeness (QED) is 0.912. The lowest BCUT2D eigenvalue weighted by molar-refractivity contribution is 0.400. The SMILES string of the molecule is COc1ccc(Cl)cc1N1CCCCC1CCN. The second-order valence-corrected chi connectivity index (χ2v) is 5.17. The summed E-state index contributed by atoms with van der Waals surface area (Å²) >= 11 is 6.11. The molecule has 1 heterocycles. The van der Waals surface area contributed by atoms with Crippen molar-refractivity contribution in [3.63, 3.8) is 0 Å². The molecule has 1 saturated heterocycles. The summed E-state index contributed by atoms with van der Waals surface area (Å²) in [5, 5.41) is 0.753. The van der Waals surface area contributed by atoms with E-state index in [0.717, 1.165) is 36.0 Å². The van der Waals surface area contributed by atoms with Crippen LogP contribution in [0.3, 0.4) is 0 Å². The molecule has 1 fully saturated rings. The lowest BCUT2D eigenvalue weighted by atomic mass is 9.98.